The van der Waals surface area contributed by atoms with Crippen LogP contribution in [-0.2, 0) is 6.54 Å². The molecule has 0 spiro atoms. The maximum atomic E-state index is 5.81. The normalized spacial score (nSPS) is 12.1. The zero-order valence-electron chi connectivity index (χ0n) is 13.7. The van der Waals surface area contributed by atoms with Gasteiger partial charge in [-0.1, -0.05) is 62.2 Å². The van der Waals surface area contributed by atoms with Crippen LogP contribution in [0.5, 0.6) is 5.75 Å². The molecule has 1 atom stereocenters. The summed E-state index contributed by atoms with van der Waals surface area (Å²) in [4.78, 5) is 0. The Balaban J connectivity index is 1.82. The number of benzene rings is 2. The fraction of sp³-hybridized carbons (Fsp3) is 0.400. The van der Waals surface area contributed by atoms with Crippen molar-refractivity contribution in [3.63, 3.8) is 0 Å². The Kier molecular flexibility index (Phi) is 6.98. The van der Waals surface area contributed by atoms with Gasteiger partial charge in [0.2, 0.25) is 0 Å². The summed E-state index contributed by atoms with van der Waals surface area (Å²) >= 11 is 0. The summed E-state index contributed by atoms with van der Waals surface area (Å²) in [5.74, 6) is 0.975. The maximum Gasteiger partial charge on any atom is 0.119 e. The molecule has 1 N–H and O–H groups in total. The zero-order valence-corrected chi connectivity index (χ0v) is 13.7. The Morgan fingerprint density at radius 1 is 1.00 bits per heavy atom. The molecule has 0 saturated heterocycles. The summed E-state index contributed by atoms with van der Waals surface area (Å²) in [6, 6.07) is 19.3. The van der Waals surface area contributed by atoms with E-state index in [9.17, 15) is 0 Å². The maximum absolute atomic E-state index is 5.81. The minimum atomic E-state index is 0.343. The molecule has 0 heterocycles. The molecule has 22 heavy (non-hydrogen) atoms. The summed E-state index contributed by atoms with van der Waals surface area (Å²) in [7, 11) is 0. The van der Waals surface area contributed by atoms with Crippen LogP contribution in [-0.4, -0.2) is 6.61 Å². The summed E-state index contributed by atoms with van der Waals surface area (Å²) in [6.07, 6.45) is 3.59. The molecule has 118 valence electrons. The Bertz CT molecular complexity index is 538. The van der Waals surface area contributed by atoms with Crippen LogP contribution in [0.2, 0.25) is 0 Å². The molecule has 2 aromatic rings. The molecule has 0 bridgehead atoms. The Hall–Kier alpha value is -1.80. The van der Waals surface area contributed by atoms with E-state index in [4.69, 9.17) is 4.74 Å². The lowest BCUT2D eigenvalue weighted by Gasteiger charge is -2.15. The van der Waals surface area contributed by atoms with E-state index in [0.29, 0.717) is 6.04 Å². The van der Waals surface area contributed by atoms with Gasteiger partial charge in [-0.3, -0.25) is 0 Å². The van der Waals surface area contributed by atoms with Gasteiger partial charge < -0.3 is 10.1 Å². The highest BCUT2D eigenvalue weighted by Gasteiger charge is 2.04. The Morgan fingerprint density at radius 2 is 1.82 bits per heavy atom. The van der Waals surface area contributed by atoms with Gasteiger partial charge in [0.25, 0.3) is 0 Å². The highest BCUT2D eigenvalue weighted by Crippen LogP contribution is 2.16. The number of unbranched alkanes of at least 4 members (excludes halogenated alkanes) is 2. The summed E-state index contributed by atoms with van der Waals surface area (Å²) < 4.78 is 5.81. The molecule has 0 radical (unpaired) electrons. The minimum absolute atomic E-state index is 0.343. The van der Waals surface area contributed by atoms with E-state index in [1.807, 2.05) is 6.07 Å². The van der Waals surface area contributed by atoms with Gasteiger partial charge in [-0.15, -0.1) is 0 Å². The average Bonchev–Trinajstić information content (AvgIpc) is 2.58. The molecule has 0 aliphatic carbocycles. The lowest BCUT2D eigenvalue weighted by Crippen LogP contribution is -2.18. The first kappa shape index (κ1) is 16.6. The number of hydrogen-bond donors (Lipinski definition) is 1. The van der Waals surface area contributed by atoms with E-state index in [0.717, 1.165) is 25.3 Å². The molecule has 0 aromatic heterocycles. The summed E-state index contributed by atoms with van der Waals surface area (Å²) in [6.45, 7) is 6.06. The van der Waals surface area contributed by atoms with E-state index >= 15 is 0 Å². The van der Waals surface area contributed by atoms with E-state index in [-0.39, 0.29) is 0 Å². The van der Waals surface area contributed by atoms with Crippen LogP contribution in [0.4, 0.5) is 0 Å². The lowest BCUT2D eigenvalue weighted by atomic mass is 10.1. The van der Waals surface area contributed by atoms with Crippen LogP contribution < -0.4 is 10.1 Å². The standard InChI is InChI=1S/C20H27NO/c1-3-4-8-14-22-20-13-9-10-18(15-20)16-21-17(2)19-11-6-5-7-12-19/h5-7,9-13,15,17,21H,3-4,8,14,16H2,1-2H3. The van der Waals surface area contributed by atoms with Crippen molar-refractivity contribution in [1.82, 2.24) is 5.32 Å². The SMILES string of the molecule is CCCCCOc1cccc(CNC(C)c2ccccc2)c1. The molecule has 0 aliphatic rings. The van der Waals surface area contributed by atoms with E-state index in [1.54, 1.807) is 0 Å². The Morgan fingerprint density at radius 3 is 2.59 bits per heavy atom. The number of ether oxygens (including phenoxy) is 1. The molecule has 0 amide bonds. The van der Waals surface area contributed by atoms with Crippen molar-refractivity contribution < 1.29 is 4.74 Å². The van der Waals surface area contributed by atoms with Gasteiger partial charge in [0, 0.05) is 12.6 Å². The lowest BCUT2D eigenvalue weighted by molar-refractivity contribution is 0.306. The van der Waals surface area contributed by atoms with Crippen molar-refractivity contribution in [2.24, 2.45) is 0 Å². The minimum Gasteiger partial charge on any atom is -0.494 e. The monoisotopic (exact) mass is 297 g/mol. The summed E-state index contributed by atoms with van der Waals surface area (Å²) in [5, 5.41) is 3.56. The highest BCUT2D eigenvalue weighted by atomic mass is 16.5. The molecule has 0 fully saturated rings. The third-order valence-electron chi connectivity index (χ3n) is 3.83. The van der Waals surface area contributed by atoms with Gasteiger partial charge in [-0.2, -0.15) is 0 Å². The van der Waals surface area contributed by atoms with E-state index < -0.39 is 0 Å². The van der Waals surface area contributed by atoms with E-state index in [2.05, 4.69) is 67.7 Å². The predicted octanol–water partition coefficient (Wildman–Crippen LogP) is 5.11. The Labute approximate surface area is 134 Å². The fourth-order valence-corrected chi connectivity index (χ4v) is 2.42. The second kappa shape index (κ2) is 9.26. The smallest absolute Gasteiger partial charge is 0.119 e. The van der Waals surface area contributed by atoms with Crippen molar-refractivity contribution in [2.75, 3.05) is 6.61 Å². The van der Waals surface area contributed by atoms with Gasteiger partial charge >= 0.3 is 0 Å². The van der Waals surface area contributed by atoms with Gasteiger partial charge in [0.1, 0.15) is 5.75 Å². The molecule has 1 unspecified atom stereocenters. The highest BCUT2D eigenvalue weighted by molar-refractivity contribution is 5.28. The van der Waals surface area contributed by atoms with Crippen molar-refractivity contribution in [2.45, 2.75) is 45.7 Å². The molecular formula is C20H27NO. The van der Waals surface area contributed by atoms with Crippen LogP contribution in [0, 0.1) is 0 Å². The second-order valence-electron chi connectivity index (χ2n) is 5.72. The zero-order chi connectivity index (χ0) is 15.6. The third kappa shape index (κ3) is 5.53. The van der Waals surface area contributed by atoms with Crippen molar-refractivity contribution in [3.05, 3.63) is 65.7 Å². The van der Waals surface area contributed by atoms with Crippen molar-refractivity contribution in [3.8, 4) is 5.75 Å². The molecule has 2 heteroatoms. The van der Waals surface area contributed by atoms with Crippen LogP contribution in [0.25, 0.3) is 0 Å². The van der Waals surface area contributed by atoms with Crippen LogP contribution in [0.15, 0.2) is 54.6 Å². The molecular weight excluding hydrogens is 270 g/mol. The first-order valence-electron chi connectivity index (χ1n) is 8.29. The van der Waals surface area contributed by atoms with Gasteiger partial charge in [0.15, 0.2) is 0 Å². The van der Waals surface area contributed by atoms with Crippen LogP contribution >= 0.6 is 0 Å². The molecule has 2 rings (SSSR count). The molecule has 2 aromatic carbocycles. The largest absolute Gasteiger partial charge is 0.494 e. The fourth-order valence-electron chi connectivity index (χ4n) is 2.42. The van der Waals surface area contributed by atoms with Crippen LogP contribution in [0.1, 0.15) is 50.3 Å². The molecule has 2 nitrogen and oxygen atoms in total. The number of hydrogen-bond acceptors (Lipinski definition) is 2. The first-order chi connectivity index (χ1) is 10.8. The van der Waals surface area contributed by atoms with Gasteiger partial charge in [0.05, 0.1) is 6.61 Å². The third-order valence-corrected chi connectivity index (χ3v) is 3.83. The summed E-state index contributed by atoms with van der Waals surface area (Å²) in [5.41, 5.74) is 2.57. The van der Waals surface area contributed by atoms with Gasteiger partial charge in [-0.25, -0.2) is 0 Å². The van der Waals surface area contributed by atoms with Crippen molar-refractivity contribution in [1.29, 1.82) is 0 Å². The predicted molar refractivity (Wildman–Crippen MR) is 93.2 cm³/mol. The van der Waals surface area contributed by atoms with Crippen LogP contribution in [0.3, 0.4) is 0 Å². The molecule has 0 aliphatic heterocycles. The number of rotatable bonds is 9. The molecule has 0 saturated carbocycles. The quantitative estimate of drug-likeness (QED) is 0.650. The second-order valence-corrected chi connectivity index (χ2v) is 5.72. The average molecular weight is 297 g/mol. The topological polar surface area (TPSA) is 21.3 Å². The van der Waals surface area contributed by atoms with Gasteiger partial charge in [-0.05, 0) is 36.6 Å². The van der Waals surface area contributed by atoms with Crippen molar-refractivity contribution >= 4 is 0 Å². The first-order valence-corrected chi connectivity index (χ1v) is 8.29. The van der Waals surface area contributed by atoms with E-state index in [1.165, 1.54) is 24.0 Å². The number of nitrogens with one attached hydrogen (secondary N) is 1.